The predicted octanol–water partition coefficient (Wildman–Crippen LogP) is 2.55. The van der Waals surface area contributed by atoms with E-state index < -0.39 is 0 Å². The largest absolute Gasteiger partial charge is 0.352 e. The molecule has 3 rings (SSSR count). The average Bonchev–Trinajstić information content (AvgIpc) is 3.02. The first kappa shape index (κ1) is 15.0. The molecule has 0 saturated carbocycles. The molecule has 23 heavy (non-hydrogen) atoms. The Morgan fingerprint density at radius 3 is 2.65 bits per heavy atom. The van der Waals surface area contributed by atoms with Gasteiger partial charge in [0.1, 0.15) is 0 Å². The van der Waals surface area contributed by atoms with Gasteiger partial charge in [-0.1, -0.05) is 6.07 Å². The van der Waals surface area contributed by atoms with Crippen molar-refractivity contribution in [3.8, 4) is 5.69 Å². The highest BCUT2D eigenvalue weighted by Gasteiger charge is 2.06. The number of benzene rings is 1. The zero-order chi connectivity index (χ0) is 16.1. The highest BCUT2D eigenvalue weighted by molar-refractivity contribution is 5.94. The maximum absolute atomic E-state index is 12.1. The second-order valence-electron chi connectivity index (χ2n) is 5.38. The molecule has 0 atom stereocenters. The zero-order valence-corrected chi connectivity index (χ0v) is 12.9. The van der Waals surface area contributed by atoms with Crippen LogP contribution in [0.15, 0.2) is 61.2 Å². The smallest absolute Gasteiger partial charge is 0.251 e. The topological polar surface area (TPSA) is 59.8 Å². The van der Waals surface area contributed by atoms with E-state index in [1.165, 1.54) is 0 Å². The number of carbonyl (C=O) groups excluding carboxylic acids is 1. The van der Waals surface area contributed by atoms with Crippen LogP contribution in [0, 0.1) is 6.92 Å². The number of rotatable bonds is 5. The van der Waals surface area contributed by atoms with E-state index in [1.54, 1.807) is 17.1 Å². The Morgan fingerprint density at radius 2 is 2.00 bits per heavy atom. The van der Waals surface area contributed by atoms with Crippen molar-refractivity contribution in [3.63, 3.8) is 0 Å². The molecule has 0 aliphatic rings. The average molecular weight is 306 g/mol. The summed E-state index contributed by atoms with van der Waals surface area (Å²) in [5.74, 6) is -0.0721. The van der Waals surface area contributed by atoms with Crippen LogP contribution in [0.3, 0.4) is 0 Å². The maximum Gasteiger partial charge on any atom is 0.251 e. The van der Waals surface area contributed by atoms with E-state index in [0.29, 0.717) is 12.1 Å². The normalized spacial score (nSPS) is 10.5. The third-order valence-corrected chi connectivity index (χ3v) is 3.53. The molecule has 5 nitrogen and oxygen atoms in total. The minimum absolute atomic E-state index is 0.0721. The summed E-state index contributed by atoms with van der Waals surface area (Å²) in [7, 11) is 0. The molecule has 0 unspecified atom stereocenters. The van der Waals surface area contributed by atoms with Crippen LogP contribution in [0.4, 0.5) is 0 Å². The molecule has 5 heteroatoms. The van der Waals surface area contributed by atoms with Gasteiger partial charge in [0.2, 0.25) is 0 Å². The van der Waals surface area contributed by atoms with Crippen molar-refractivity contribution in [1.82, 2.24) is 20.1 Å². The minimum Gasteiger partial charge on any atom is -0.352 e. The summed E-state index contributed by atoms with van der Waals surface area (Å²) in [4.78, 5) is 16.2. The molecule has 0 aliphatic heterocycles. The first-order valence-corrected chi connectivity index (χ1v) is 7.51. The lowest BCUT2D eigenvalue weighted by Gasteiger charge is -2.06. The molecule has 2 aromatic heterocycles. The summed E-state index contributed by atoms with van der Waals surface area (Å²) >= 11 is 0. The van der Waals surface area contributed by atoms with Gasteiger partial charge in [0.05, 0.1) is 11.9 Å². The van der Waals surface area contributed by atoms with Crippen molar-refractivity contribution in [1.29, 1.82) is 0 Å². The van der Waals surface area contributed by atoms with Crippen LogP contribution in [0.5, 0.6) is 0 Å². The van der Waals surface area contributed by atoms with Gasteiger partial charge in [0.15, 0.2) is 0 Å². The number of aryl methyl sites for hydroxylation is 1. The van der Waals surface area contributed by atoms with Gasteiger partial charge in [-0.3, -0.25) is 9.78 Å². The predicted molar refractivity (Wildman–Crippen MR) is 88.6 cm³/mol. The minimum atomic E-state index is -0.0721. The quantitative estimate of drug-likeness (QED) is 0.788. The second-order valence-corrected chi connectivity index (χ2v) is 5.38. The Bertz CT molecular complexity index is 778. The summed E-state index contributed by atoms with van der Waals surface area (Å²) in [5, 5.41) is 7.18. The Morgan fingerprint density at radius 1 is 1.17 bits per heavy atom. The van der Waals surface area contributed by atoms with Crippen molar-refractivity contribution in [2.45, 2.75) is 13.3 Å². The molecule has 2 heterocycles. The summed E-state index contributed by atoms with van der Waals surface area (Å²) in [6, 6.07) is 11.3. The van der Waals surface area contributed by atoms with Gasteiger partial charge in [-0.05, 0) is 54.8 Å². The number of hydrogen-bond acceptors (Lipinski definition) is 3. The van der Waals surface area contributed by atoms with Gasteiger partial charge in [0.25, 0.3) is 5.91 Å². The third-order valence-electron chi connectivity index (χ3n) is 3.53. The molecule has 0 aliphatic carbocycles. The van der Waals surface area contributed by atoms with Crippen molar-refractivity contribution in [2.75, 3.05) is 6.54 Å². The SMILES string of the molecule is Cc1cnn(-c2ccc(C(=O)NCCc3cccnc3)cc2)c1. The third kappa shape index (κ3) is 3.83. The van der Waals surface area contributed by atoms with Gasteiger partial charge >= 0.3 is 0 Å². The molecule has 0 radical (unpaired) electrons. The van der Waals surface area contributed by atoms with E-state index in [9.17, 15) is 4.79 Å². The lowest BCUT2D eigenvalue weighted by Crippen LogP contribution is -2.25. The number of nitrogens with zero attached hydrogens (tertiary/aromatic N) is 3. The van der Waals surface area contributed by atoms with E-state index in [4.69, 9.17) is 0 Å². The van der Waals surface area contributed by atoms with E-state index in [1.807, 2.05) is 55.7 Å². The van der Waals surface area contributed by atoms with Gasteiger partial charge in [-0.15, -0.1) is 0 Å². The first-order chi connectivity index (χ1) is 11.2. The standard InChI is InChI=1S/C18H18N4O/c1-14-11-21-22(13-14)17-6-4-16(5-7-17)18(23)20-10-8-15-3-2-9-19-12-15/h2-7,9,11-13H,8,10H2,1H3,(H,20,23). The van der Waals surface area contributed by atoms with Crippen molar-refractivity contribution in [3.05, 3.63) is 77.9 Å². The van der Waals surface area contributed by atoms with Crippen LogP contribution in [0.25, 0.3) is 5.69 Å². The van der Waals surface area contributed by atoms with E-state index in [0.717, 1.165) is 23.2 Å². The number of pyridine rings is 1. The summed E-state index contributed by atoms with van der Waals surface area (Å²) in [6.45, 7) is 2.58. The monoisotopic (exact) mass is 306 g/mol. The van der Waals surface area contributed by atoms with Crippen LogP contribution in [0.2, 0.25) is 0 Å². The lowest BCUT2D eigenvalue weighted by atomic mass is 10.2. The number of amides is 1. The lowest BCUT2D eigenvalue weighted by molar-refractivity contribution is 0.0954. The number of aromatic nitrogens is 3. The van der Waals surface area contributed by atoms with Crippen LogP contribution >= 0.6 is 0 Å². The van der Waals surface area contributed by atoms with Crippen LogP contribution in [-0.4, -0.2) is 27.2 Å². The van der Waals surface area contributed by atoms with Crippen LogP contribution in [-0.2, 0) is 6.42 Å². The summed E-state index contributed by atoms with van der Waals surface area (Å²) in [5.41, 5.74) is 3.79. The molecular weight excluding hydrogens is 288 g/mol. The molecule has 0 fully saturated rings. The highest BCUT2D eigenvalue weighted by Crippen LogP contribution is 2.10. The van der Waals surface area contributed by atoms with Crippen LogP contribution in [0.1, 0.15) is 21.5 Å². The molecule has 0 saturated heterocycles. The fourth-order valence-corrected chi connectivity index (χ4v) is 2.29. The Labute approximate surface area is 135 Å². The Hall–Kier alpha value is -2.95. The maximum atomic E-state index is 12.1. The van der Waals surface area contributed by atoms with Crippen molar-refractivity contribution < 1.29 is 4.79 Å². The summed E-state index contributed by atoms with van der Waals surface area (Å²) < 4.78 is 1.79. The van der Waals surface area contributed by atoms with Gasteiger partial charge < -0.3 is 5.32 Å². The molecule has 0 bridgehead atoms. The van der Waals surface area contributed by atoms with E-state index >= 15 is 0 Å². The highest BCUT2D eigenvalue weighted by atomic mass is 16.1. The van der Waals surface area contributed by atoms with Crippen molar-refractivity contribution in [2.24, 2.45) is 0 Å². The molecule has 1 aromatic carbocycles. The van der Waals surface area contributed by atoms with Crippen LogP contribution < -0.4 is 5.32 Å². The molecule has 3 aromatic rings. The summed E-state index contributed by atoms with van der Waals surface area (Å²) in [6.07, 6.45) is 8.07. The second kappa shape index (κ2) is 6.87. The van der Waals surface area contributed by atoms with Gasteiger partial charge in [0, 0.05) is 30.7 Å². The molecule has 116 valence electrons. The first-order valence-electron chi connectivity index (χ1n) is 7.51. The molecular formula is C18H18N4O. The van der Waals surface area contributed by atoms with E-state index in [-0.39, 0.29) is 5.91 Å². The van der Waals surface area contributed by atoms with Gasteiger partial charge in [-0.25, -0.2) is 4.68 Å². The fourth-order valence-electron chi connectivity index (χ4n) is 2.29. The molecule has 1 amide bonds. The Balaban J connectivity index is 1.57. The number of carbonyl (C=O) groups is 1. The number of hydrogen-bond donors (Lipinski definition) is 1. The Kier molecular flexibility index (Phi) is 4.47. The molecule has 1 N–H and O–H groups in total. The molecule has 0 spiro atoms. The number of nitrogens with one attached hydrogen (secondary N) is 1. The zero-order valence-electron chi connectivity index (χ0n) is 12.9. The van der Waals surface area contributed by atoms with E-state index in [2.05, 4.69) is 15.4 Å². The van der Waals surface area contributed by atoms with Crippen molar-refractivity contribution >= 4 is 5.91 Å². The van der Waals surface area contributed by atoms with Gasteiger partial charge in [-0.2, -0.15) is 5.10 Å². The fraction of sp³-hybridized carbons (Fsp3) is 0.167.